The van der Waals surface area contributed by atoms with Gasteiger partial charge in [0.05, 0.1) is 5.41 Å². The summed E-state index contributed by atoms with van der Waals surface area (Å²) in [7, 11) is 0. The first-order valence-corrected chi connectivity index (χ1v) is 6.43. The lowest BCUT2D eigenvalue weighted by Gasteiger charge is -2.28. The zero-order valence-electron chi connectivity index (χ0n) is 11.7. The fraction of sp³-hybridized carbons (Fsp3) is 0.846. The molecule has 0 aromatic carbocycles. The highest BCUT2D eigenvalue weighted by Gasteiger charge is 2.45. The molecule has 1 aliphatic rings. The molecule has 1 fully saturated rings. The molecule has 2 atom stereocenters. The van der Waals surface area contributed by atoms with Gasteiger partial charge in [-0.25, -0.2) is 4.79 Å². The van der Waals surface area contributed by atoms with Gasteiger partial charge in [-0.2, -0.15) is 0 Å². The lowest BCUT2D eigenvalue weighted by molar-refractivity contribution is -0.148. The summed E-state index contributed by atoms with van der Waals surface area (Å²) in [5, 5.41) is 14.8. The van der Waals surface area contributed by atoms with Gasteiger partial charge in [-0.3, -0.25) is 4.79 Å². The molecular formula is C13H24N2O3. The monoisotopic (exact) mass is 256 g/mol. The Balaban J connectivity index is 2.52. The second-order valence-corrected chi connectivity index (χ2v) is 6.56. The van der Waals surface area contributed by atoms with Crippen molar-refractivity contribution in [1.29, 1.82) is 0 Å². The molecule has 5 heteroatoms. The van der Waals surface area contributed by atoms with Crippen molar-refractivity contribution in [2.75, 3.05) is 6.54 Å². The molecule has 0 aliphatic heterocycles. The van der Waals surface area contributed by atoms with Crippen molar-refractivity contribution in [3.8, 4) is 0 Å². The van der Waals surface area contributed by atoms with E-state index in [2.05, 4.69) is 10.6 Å². The summed E-state index contributed by atoms with van der Waals surface area (Å²) in [6.07, 6.45) is 2.19. The third kappa shape index (κ3) is 3.62. The van der Waals surface area contributed by atoms with Gasteiger partial charge in [-0.1, -0.05) is 27.2 Å². The first-order chi connectivity index (χ1) is 8.15. The van der Waals surface area contributed by atoms with Gasteiger partial charge in [0.25, 0.3) is 0 Å². The second-order valence-electron chi connectivity index (χ2n) is 6.56. The van der Waals surface area contributed by atoms with Crippen molar-refractivity contribution in [1.82, 2.24) is 10.6 Å². The average molecular weight is 256 g/mol. The standard InChI is InChI=1S/C13H24N2O3/c1-12(2,3)8-14-11(18)15-9-6-5-7-13(9,4)10(16)17/h9H,5-8H2,1-4H3,(H,16,17)(H2,14,15,18). The number of rotatable bonds is 3. The van der Waals surface area contributed by atoms with E-state index >= 15 is 0 Å². The molecule has 0 spiro atoms. The smallest absolute Gasteiger partial charge is 0.315 e. The fourth-order valence-corrected chi connectivity index (χ4v) is 2.21. The van der Waals surface area contributed by atoms with Crippen molar-refractivity contribution >= 4 is 12.0 Å². The van der Waals surface area contributed by atoms with Crippen molar-refractivity contribution in [2.45, 2.75) is 53.0 Å². The van der Waals surface area contributed by atoms with Crippen LogP contribution in [0, 0.1) is 10.8 Å². The predicted molar refractivity (Wildman–Crippen MR) is 69.4 cm³/mol. The Labute approximate surface area is 108 Å². The molecule has 0 aromatic rings. The van der Waals surface area contributed by atoms with E-state index in [-0.39, 0.29) is 17.5 Å². The third-order valence-corrected chi connectivity index (χ3v) is 3.53. The molecule has 3 N–H and O–H groups in total. The number of urea groups is 1. The van der Waals surface area contributed by atoms with E-state index < -0.39 is 11.4 Å². The third-order valence-electron chi connectivity index (χ3n) is 3.53. The number of hydrogen-bond donors (Lipinski definition) is 3. The topological polar surface area (TPSA) is 78.4 Å². The van der Waals surface area contributed by atoms with Crippen LogP contribution in [0.4, 0.5) is 4.79 Å². The predicted octanol–water partition coefficient (Wildman–Crippen LogP) is 1.98. The van der Waals surface area contributed by atoms with Gasteiger partial charge in [0.1, 0.15) is 0 Å². The van der Waals surface area contributed by atoms with Crippen LogP contribution in [0.5, 0.6) is 0 Å². The van der Waals surface area contributed by atoms with Crippen LogP contribution in [0.3, 0.4) is 0 Å². The van der Waals surface area contributed by atoms with E-state index in [0.29, 0.717) is 13.0 Å². The number of aliphatic carboxylic acids is 1. The number of carboxylic acid groups (broad SMARTS) is 1. The molecular weight excluding hydrogens is 232 g/mol. The molecule has 1 rings (SSSR count). The normalized spacial score (nSPS) is 27.9. The Bertz CT molecular complexity index is 336. The highest BCUT2D eigenvalue weighted by atomic mass is 16.4. The van der Waals surface area contributed by atoms with Crippen LogP contribution in [-0.4, -0.2) is 29.7 Å². The number of amides is 2. The van der Waals surface area contributed by atoms with Crippen LogP contribution in [0.25, 0.3) is 0 Å². The molecule has 1 saturated carbocycles. The van der Waals surface area contributed by atoms with Crippen LogP contribution >= 0.6 is 0 Å². The lowest BCUT2D eigenvalue weighted by atomic mass is 9.85. The van der Waals surface area contributed by atoms with Crippen molar-refractivity contribution in [2.24, 2.45) is 10.8 Å². The van der Waals surface area contributed by atoms with E-state index in [4.69, 9.17) is 0 Å². The maximum atomic E-state index is 11.7. The van der Waals surface area contributed by atoms with Gasteiger partial charge >= 0.3 is 12.0 Å². The van der Waals surface area contributed by atoms with Crippen molar-refractivity contribution in [3.63, 3.8) is 0 Å². The van der Waals surface area contributed by atoms with E-state index in [1.165, 1.54) is 0 Å². The minimum absolute atomic E-state index is 0.0170. The molecule has 0 bridgehead atoms. The van der Waals surface area contributed by atoms with E-state index in [1.807, 2.05) is 20.8 Å². The van der Waals surface area contributed by atoms with Crippen LogP contribution in [0.2, 0.25) is 0 Å². The minimum atomic E-state index is -0.834. The highest BCUT2D eigenvalue weighted by molar-refractivity contribution is 5.79. The number of carbonyl (C=O) groups excluding carboxylic acids is 1. The van der Waals surface area contributed by atoms with Crippen LogP contribution in [0.15, 0.2) is 0 Å². The summed E-state index contributed by atoms with van der Waals surface area (Å²) in [6.45, 7) is 8.37. The molecule has 104 valence electrons. The fourth-order valence-electron chi connectivity index (χ4n) is 2.21. The molecule has 0 saturated heterocycles. The number of carbonyl (C=O) groups is 2. The summed E-state index contributed by atoms with van der Waals surface area (Å²) in [4.78, 5) is 23.0. The summed E-state index contributed by atoms with van der Waals surface area (Å²) in [6, 6.07) is -0.556. The zero-order valence-corrected chi connectivity index (χ0v) is 11.7. The zero-order chi connectivity index (χ0) is 14.0. The quantitative estimate of drug-likeness (QED) is 0.722. The van der Waals surface area contributed by atoms with Gasteiger partial charge in [0.15, 0.2) is 0 Å². The lowest BCUT2D eigenvalue weighted by Crippen LogP contribution is -2.51. The molecule has 18 heavy (non-hydrogen) atoms. The molecule has 1 aliphatic carbocycles. The van der Waals surface area contributed by atoms with Crippen LogP contribution in [0.1, 0.15) is 47.0 Å². The summed E-state index contributed by atoms with van der Waals surface area (Å²) in [5.74, 6) is -0.832. The highest BCUT2D eigenvalue weighted by Crippen LogP contribution is 2.38. The number of carboxylic acids is 1. The van der Waals surface area contributed by atoms with Gasteiger partial charge in [0.2, 0.25) is 0 Å². The summed E-state index contributed by atoms with van der Waals surface area (Å²) < 4.78 is 0. The summed E-state index contributed by atoms with van der Waals surface area (Å²) in [5.41, 5.74) is -0.817. The average Bonchev–Trinajstić information content (AvgIpc) is 2.58. The minimum Gasteiger partial charge on any atom is -0.481 e. The molecule has 0 radical (unpaired) electrons. The van der Waals surface area contributed by atoms with Gasteiger partial charge in [0, 0.05) is 12.6 Å². The maximum absolute atomic E-state index is 11.7. The van der Waals surface area contributed by atoms with E-state index in [9.17, 15) is 14.7 Å². The largest absolute Gasteiger partial charge is 0.481 e. The summed E-state index contributed by atoms with van der Waals surface area (Å²) >= 11 is 0. The first kappa shape index (κ1) is 14.8. The molecule has 0 heterocycles. The first-order valence-electron chi connectivity index (χ1n) is 6.43. The Kier molecular flexibility index (Phi) is 4.24. The maximum Gasteiger partial charge on any atom is 0.315 e. The second kappa shape index (κ2) is 5.16. The Morgan fingerprint density at radius 3 is 2.50 bits per heavy atom. The molecule has 5 nitrogen and oxygen atoms in total. The molecule has 0 aromatic heterocycles. The van der Waals surface area contributed by atoms with Crippen LogP contribution < -0.4 is 10.6 Å². The van der Waals surface area contributed by atoms with E-state index in [0.717, 1.165) is 12.8 Å². The van der Waals surface area contributed by atoms with E-state index in [1.54, 1.807) is 6.92 Å². The van der Waals surface area contributed by atoms with Crippen LogP contribution in [-0.2, 0) is 4.79 Å². The molecule has 2 amide bonds. The Morgan fingerprint density at radius 2 is 2.00 bits per heavy atom. The Morgan fingerprint density at radius 1 is 1.39 bits per heavy atom. The number of hydrogen-bond acceptors (Lipinski definition) is 2. The van der Waals surface area contributed by atoms with Gasteiger partial charge in [-0.15, -0.1) is 0 Å². The van der Waals surface area contributed by atoms with Gasteiger partial charge < -0.3 is 15.7 Å². The van der Waals surface area contributed by atoms with Crippen molar-refractivity contribution < 1.29 is 14.7 Å². The Hall–Kier alpha value is -1.26. The van der Waals surface area contributed by atoms with Crippen molar-refractivity contribution in [3.05, 3.63) is 0 Å². The number of nitrogens with one attached hydrogen (secondary N) is 2. The molecule has 2 unspecified atom stereocenters. The van der Waals surface area contributed by atoms with Gasteiger partial charge in [-0.05, 0) is 25.2 Å². The SMILES string of the molecule is CC(C)(C)CNC(=O)NC1CCCC1(C)C(=O)O.